The van der Waals surface area contributed by atoms with Crippen LogP contribution in [-0.2, 0) is 19.6 Å². The topological polar surface area (TPSA) is 29.9 Å². The summed E-state index contributed by atoms with van der Waals surface area (Å²) in [5, 5.41) is 7.59. The number of hydrogen-bond acceptors (Lipinski definition) is 2. The zero-order chi connectivity index (χ0) is 12.8. The fourth-order valence-corrected chi connectivity index (χ4v) is 1.80. The Morgan fingerprint density at radius 2 is 1.84 bits per heavy atom. The Morgan fingerprint density at radius 3 is 2.53 bits per heavy atom. The van der Waals surface area contributed by atoms with Crippen LogP contribution < -0.4 is 5.32 Å². The molecule has 0 unspecified atom stereocenters. The maximum atomic E-state index is 12.7. The number of nitrogens with one attached hydrogen (secondary N) is 1. The number of nitrogens with zero attached hydrogens (tertiary/aromatic N) is 2. The van der Waals surface area contributed by atoms with Crippen molar-refractivity contribution in [2.75, 3.05) is 0 Å². The molecule has 1 aromatic heterocycles. The van der Waals surface area contributed by atoms with Crippen LogP contribution in [0.5, 0.6) is 0 Å². The standard InChI is InChI=1S/C14H18FN3.ClH/c1-2-7-18-11-13(10-17-18)9-16-8-12-3-5-14(15)6-4-12;/h3-6,10-11,16H,2,7-9H2,1H3;1H. The Bertz CT molecular complexity index is 482. The van der Waals surface area contributed by atoms with Crippen molar-refractivity contribution < 1.29 is 4.39 Å². The van der Waals surface area contributed by atoms with Gasteiger partial charge in [-0.2, -0.15) is 5.10 Å². The van der Waals surface area contributed by atoms with E-state index in [0.29, 0.717) is 0 Å². The zero-order valence-corrected chi connectivity index (χ0v) is 11.8. The summed E-state index contributed by atoms with van der Waals surface area (Å²) in [7, 11) is 0. The van der Waals surface area contributed by atoms with Crippen molar-refractivity contribution in [1.82, 2.24) is 15.1 Å². The molecule has 0 amide bonds. The van der Waals surface area contributed by atoms with Crippen LogP contribution in [0.4, 0.5) is 4.39 Å². The van der Waals surface area contributed by atoms with Crippen molar-refractivity contribution in [2.45, 2.75) is 33.0 Å². The fraction of sp³-hybridized carbons (Fsp3) is 0.357. The molecule has 5 heteroatoms. The molecule has 0 saturated carbocycles. The summed E-state index contributed by atoms with van der Waals surface area (Å²) >= 11 is 0. The summed E-state index contributed by atoms with van der Waals surface area (Å²) < 4.78 is 14.7. The van der Waals surface area contributed by atoms with Gasteiger partial charge in [-0.3, -0.25) is 4.68 Å². The van der Waals surface area contributed by atoms with E-state index in [0.717, 1.165) is 31.6 Å². The zero-order valence-electron chi connectivity index (χ0n) is 11.0. The Kier molecular flexibility index (Phi) is 6.53. The number of hydrogen-bond donors (Lipinski definition) is 1. The molecule has 2 rings (SSSR count). The Labute approximate surface area is 119 Å². The van der Waals surface area contributed by atoms with Gasteiger partial charge in [0.05, 0.1) is 6.20 Å². The van der Waals surface area contributed by atoms with Crippen LogP contribution in [0.1, 0.15) is 24.5 Å². The largest absolute Gasteiger partial charge is 0.309 e. The van der Waals surface area contributed by atoms with Crippen LogP contribution in [0.3, 0.4) is 0 Å². The molecule has 0 aliphatic heterocycles. The third kappa shape index (κ3) is 5.01. The highest BCUT2D eigenvalue weighted by Crippen LogP contribution is 2.03. The molecule has 0 aliphatic rings. The SMILES string of the molecule is CCCn1cc(CNCc2ccc(F)cc2)cn1.Cl. The minimum Gasteiger partial charge on any atom is -0.309 e. The number of halogens is 2. The molecule has 19 heavy (non-hydrogen) atoms. The van der Waals surface area contributed by atoms with Gasteiger partial charge in [0.15, 0.2) is 0 Å². The van der Waals surface area contributed by atoms with Crippen LogP contribution in [-0.4, -0.2) is 9.78 Å². The average molecular weight is 284 g/mol. The lowest BCUT2D eigenvalue weighted by Crippen LogP contribution is -2.12. The quantitative estimate of drug-likeness (QED) is 0.883. The molecular weight excluding hydrogens is 265 g/mol. The highest BCUT2D eigenvalue weighted by molar-refractivity contribution is 5.85. The number of aromatic nitrogens is 2. The number of aryl methyl sites for hydroxylation is 1. The third-order valence-corrected chi connectivity index (χ3v) is 2.71. The van der Waals surface area contributed by atoms with Crippen molar-refractivity contribution in [3.63, 3.8) is 0 Å². The van der Waals surface area contributed by atoms with Gasteiger partial charge in [0.1, 0.15) is 5.82 Å². The van der Waals surface area contributed by atoms with E-state index in [1.807, 2.05) is 10.9 Å². The van der Waals surface area contributed by atoms with Crippen molar-refractivity contribution in [1.29, 1.82) is 0 Å². The van der Waals surface area contributed by atoms with Crippen molar-refractivity contribution >= 4 is 12.4 Å². The Morgan fingerprint density at radius 1 is 1.16 bits per heavy atom. The molecule has 1 N–H and O–H groups in total. The van der Waals surface area contributed by atoms with Gasteiger partial charge in [0, 0.05) is 31.4 Å². The molecular formula is C14H19ClFN3. The van der Waals surface area contributed by atoms with Crippen molar-refractivity contribution in [3.05, 3.63) is 53.6 Å². The second-order valence-electron chi connectivity index (χ2n) is 4.34. The minimum atomic E-state index is -0.195. The van der Waals surface area contributed by atoms with Crippen LogP contribution >= 0.6 is 12.4 Å². The smallest absolute Gasteiger partial charge is 0.123 e. The lowest BCUT2D eigenvalue weighted by Gasteiger charge is -2.03. The van der Waals surface area contributed by atoms with E-state index in [2.05, 4.69) is 23.5 Å². The lowest BCUT2D eigenvalue weighted by molar-refractivity contribution is 0.601. The van der Waals surface area contributed by atoms with E-state index >= 15 is 0 Å². The number of benzene rings is 1. The molecule has 0 saturated heterocycles. The summed E-state index contributed by atoms with van der Waals surface area (Å²) in [6, 6.07) is 6.55. The Hall–Kier alpha value is -1.39. The first-order valence-electron chi connectivity index (χ1n) is 6.24. The molecule has 2 aromatic rings. The first kappa shape index (κ1) is 15.7. The highest BCUT2D eigenvalue weighted by atomic mass is 35.5. The maximum Gasteiger partial charge on any atom is 0.123 e. The molecule has 0 aliphatic carbocycles. The third-order valence-electron chi connectivity index (χ3n) is 2.71. The lowest BCUT2D eigenvalue weighted by atomic mass is 10.2. The minimum absolute atomic E-state index is 0. The molecule has 0 atom stereocenters. The molecule has 0 bridgehead atoms. The second-order valence-corrected chi connectivity index (χ2v) is 4.34. The van der Waals surface area contributed by atoms with E-state index in [9.17, 15) is 4.39 Å². The van der Waals surface area contributed by atoms with Crippen LogP contribution in [0.25, 0.3) is 0 Å². The normalized spacial score (nSPS) is 10.2. The van der Waals surface area contributed by atoms with Crippen LogP contribution in [0.2, 0.25) is 0 Å². The predicted octanol–water partition coefficient (Wildman–Crippen LogP) is 3.14. The van der Waals surface area contributed by atoms with Gasteiger partial charge >= 0.3 is 0 Å². The van der Waals surface area contributed by atoms with Crippen LogP contribution in [0, 0.1) is 5.82 Å². The van der Waals surface area contributed by atoms with Gasteiger partial charge in [0.25, 0.3) is 0 Å². The molecule has 104 valence electrons. The van der Waals surface area contributed by atoms with E-state index in [1.165, 1.54) is 17.7 Å². The van der Waals surface area contributed by atoms with E-state index in [1.54, 1.807) is 12.1 Å². The van der Waals surface area contributed by atoms with E-state index in [4.69, 9.17) is 0 Å². The van der Waals surface area contributed by atoms with Crippen molar-refractivity contribution in [2.24, 2.45) is 0 Å². The monoisotopic (exact) mass is 283 g/mol. The summed E-state index contributed by atoms with van der Waals surface area (Å²) in [5.41, 5.74) is 2.25. The van der Waals surface area contributed by atoms with Crippen LogP contribution in [0.15, 0.2) is 36.7 Å². The maximum absolute atomic E-state index is 12.7. The first-order chi connectivity index (χ1) is 8.78. The van der Waals surface area contributed by atoms with Gasteiger partial charge in [-0.1, -0.05) is 19.1 Å². The summed E-state index contributed by atoms with van der Waals surface area (Å²) in [6.07, 6.45) is 5.03. The molecule has 1 aromatic carbocycles. The fourth-order valence-electron chi connectivity index (χ4n) is 1.80. The van der Waals surface area contributed by atoms with Gasteiger partial charge < -0.3 is 5.32 Å². The summed E-state index contributed by atoms with van der Waals surface area (Å²) in [5.74, 6) is -0.195. The van der Waals surface area contributed by atoms with Crippen molar-refractivity contribution in [3.8, 4) is 0 Å². The molecule has 3 nitrogen and oxygen atoms in total. The van der Waals surface area contributed by atoms with Gasteiger partial charge in [-0.25, -0.2) is 4.39 Å². The first-order valence-corrected chi connectivity index (χ1v) is 6.24. The van der Waals surface area contributed by atoms with Gasteiger partial charge in [0.2, 0.25) is 0 Å². The van der Waals surface area contributed by atoms with Gasteiger partial charge in [-0.05, 0) is 24.1 Å². The van der Waals surface area contributed by atoms with Gasteiger partial charge in [-0.15, -0.1) is 12.4 Å². The number of rotatable bonds is 6. The predicted molar refractivity (Wildman–Crippen MR) is 76.7 cm³/mol. The Balaban J connectivity index is 0.00000180. The molecule has 0 radical (unpaired) electrons. The highest BCUT2D eigenvalue weighted by Gasteiger charge is 1.98. The molecule has 0 fully saturated rings. The second kappa shape index (κ2) is 7.92. The van der Waals surface area contributed by atoms with E-state index < -0.39 is 0 Å². The average Bonchev–Trinajstić information content (AvgIpc) is 2.80. The van der Waals surface area contributed by atoms with E-state index in [-0.39, 0.29) is 18.2 Å². The molecule has 0 spiro atoms. The summed E-state index contributed by atoms with van der Waals surface area (Å²) in [4.78, 5) is 0. The summed E-state index contributed by atoms with van der Waals surface area (Å²) in [6.45, 7) is 4.60. The molecule has 1 heterocycles.